The summed E-state index contributed by atoms with van der Waals surface area (Å²) in [6, 6.07) is 6.02. The van der Waals surface area contributed by atoms with Gasteiger partial charge in [-0.3, -0.25) is 10.1 Å². The third-order valence-corrected chi connectivity index (χ3v) is 3.76. The predicted molar refractivity (Wildman–Crippen MR) is 79.9 cm³/mol. The second-order valence-electron chi connectivity index (χ2n) is 5.23. The van der Waals surface area contributed by atoms with Crippen molar-refractivity contribution in [2.24, 2.45) is 0 Å². The zero-order chi connectivity index (χ0) is 15.8. The van der Waals surface area contributed by atoms with Gasteiger partial charge in [0.1, 0.15) is 0 Å². The van der Waals surface area contributed by atoms with Crippen molar-refractivity contribution in [3.8, 4) is 11.4 Å². The molecule has 0 bridgehead atoms. The molecule has 0 saturated carbocycles. The van der Waals surface area contributed by atoms with E-state index >= 15 is 0 Å². The van der Waals surface area contributed by atoms with E-state index in [0.29, 0.717) is 23.1 Å². The fraction of sp³-hybridized carbons (Fsp3) is 0.308. The number of nitrogens with zero attached hydrogens (tertiary/aromatic N) is 8. The normalized spacial score (nSPS) is 14.5. The monoisotopic (exact) mass is 312 g/mol. The largest absolute Gasteiger partial charge is 0.339 e. The van der Waals surface area contributed by atoms with Crippen LogP contribution in [0.4, 0.5) is 11.6 Å². The van der Waals surface area contributed by atoms with Crippen LogP contribution in [0.25, 0.3) is 17.2 Å². The Balaban J connectivity index is 1.75. The first-order valence-electron chi connectivity index (χ1n) is 7.18. The molecular weight excluding hydrogens is 300 g/mol. The number of benzene rings is 1. The highest BCUT2D eigenvalue weighted by Gasteiger charge is 2.20. The molecule has 0 amide bonds. The van der Waals surface area contributed by atoms with E-state index in [1.54, 1.807) is 16.6 Å². The minimum Gasteiger partial charge on any atom is -0.339 e. The van der Waals surface area contributed by atoms with E-state index in [-0.39, 0.29) is 5.69 Å². The van der Waals surface area contributed by atoms with Crippen LogP contribution in [0.2, 0.25) is 0 Å². The van der Waals surface area contributed by atoms with Crippen LogP contribution in [0.1, 0.15) is 12.8 Å². The van der Waals surface area contributed by atoms with Gasteiger partial charge >= 0.3 is 0 Å². The fourth-order valence-electron chi connectivity index (χ4n) is 2.58. The van der Waals surface area contributed by atoms with Crippen LogP contribution in [0, 0.1) is 10.1 Å². The molecule has 1 saturated heterocycles. The van der Waals surface area contributed by atoms with Crippen molar-refractivity contribution in [1.82, 2.24) is 30.0 Å². The third-order valence-electron chi connectivity index (χ3n) is 3.76. The lowest BCUT2D eigenvalue weighted by molar-refractivity contribution is -0.384. The lowest BCUT2D eigenvalue weighted by Crippen LogP contribution is -2.21. The van der Waals surface area contributed by atoms with Gasteiger partial charge in [0, 0.05) is 30.8 Å². The molecule has 10 nitrogen and oxygen atoms in total. The maximum absolute atomic E-state index is 10.7. The number of hydrogen-bond acceptors (Lipinski definition) is 8. The van der Waals surface area contributed by atoms with E-state index in [2.05, 4.69) is 30.4 Å². The standard InChI is InChI=1S/C13H12N8O2/c22-21(23)10-5-3-9(4-6-10)11-14-15-12-16-17-13(20(12)18-11)19-7-1-2-8-19/h3-6H,1-2,7-8H2. The SMILES string of the molecule is O=[N+]([O-])c1ccc(-c2nnc3nnc(N4CCCC4)n3n2)cc1. The number of rotatable bonds is 3. The van der Waals surface area contributed by atoms with Crippen LogP contribution in [0.15, 0.2) is 24.3 Å². The molecule has 0 atom stereocenters. The average molecular weight is 312 g/mol. The van der Waals surface area contributed by atoms with Crippen molar-refractivity contribution in [3.63, 3.8) is 0 Å². The number of non-ortho nitro benzene ring substituents is 1. The molecule has 0 N–H and O–H groups in total. The molecule has 23 heavy (non-hydrogen) atoms. The summed E-state index contributed by atoms with van der Waals surface area (Å²) < 4.78 is 1.56. The maximum Gasteiger partial charge on any atom is 0.292 e. The van der Waals surface area contributed by atoms with Crippen molar-refractivity contribution in [2.75, 3.05) is 18.0 Å². The topological polar surface area (TPSA) is 115 Å². The van der Waals surface area contributed by atoms with E-state index < -0.39 is 4.92 Å². The average Bonchev–Trinajstić information content (AvgIpc) is 3.23. The number of hydrogen-bond donors (Lipinski definition) is 0. The number of nitro groups is 1. The molecule has 116 valence electrons. The van der Waals surface area contributed by atoms with Crippen LogP contribution in [0.3, 0.4) is 0 Å². The summed E-state index contributed by atoms with van der Waals surface area (Å²) in [6.07, 6.45) is 2.23. The minimum atomic E-state index is -0.447. The molecule has 2 aromatic heterocycles. The van der Waals surface area contributed by atoms with E-state index in [0.717, 1.165) is 25.9 Å². The molecule has 3 aromatic rings. The van der Waals surface area contributed by atoms with Crippen LogP contribution >= 0.6 is 0 Å². The summed E-state index contributed by atoms with van der Waals surface area (Å²) in [5.41, 5.74) is 0.663. The van der Waals surface area contributed by atoms with Gasteiger partial charge in [-0.25, -0.2) is 0 Å². The van der Waals surface area contributed by atoms with E-state index in [4.69, 9.17) is 0 Å². The Hall–Kier alpha value is -3.17. The summed E-state index contributed by atoms with van der Waals surface area (Å²) in [5, 5.41) is 31.3. The van der Waals surface area contributed by atoms with Gasteiger partial charge in [0.15, 0.2) is 0 Å². The number of anilines is 1. The molecule has 1 fully saturated rings. The van der Waals surface area contributed by atoms with E-state index in [1.165, 1.54) is 12.1 Å². The van der Waals surface area contributed by atoms with Crippen LogP contribution in [-0.4, -0.2) is 48.0 Å². The van der Waals surface area contributed by atoms with E-state index in [1.807, 2.05) is 0 Å². The number of fused-ring (bicyclic) bond motifs is 1. The molecule has 10 heteroatoms. The third kappa shape index (κ3) is 2.33. The molecule has 1 aromatic carbocycles. The molecule has 0 unspecified atom stereocenters. The minimum absolute atomic E-state index is 0.0184. The summed E-state index contributed by atoms with van der Waals surface area (Å²) in [6.45, 7) is 1.83. The summed E-state index contributed by atoms with van der Waals surface area (Å²) in [7, 11) is 0. The predicted octanol–water partition coefficient (Wildman–Crippen LogP) is 1.09. The summed E-state index contributed by atoms with van der Waals surface area (Å²) in [5.74, 6) is 1.35. The van der Waals surface area contributed by atoms with Crippen LogP contribution in [-0.2, 0) is 0 Å². The number of aromatic nitrogens is 6. The van der Waals surface area contributed by atoms with Crippen molar-refractivity contribution in [1.29, 1.82) is 0 Å². The van der Waals surface area contributed by atoms with Crippen molar-refractivity contribution in [3.05, 3.63) is 34.4 Å². The highest BCUT2D eigenvalue weighted by molar-refractivity contribution is 5.57. The molecule has 0 aliphatic carbocycles. The highest BCUT2D eigenvalue weighted by Crippen LogP contribution is 2.21. The fourth-order valence-corrected chi connectivity index (χ4v) is 2.58. The summed E-state index contributed by atoms with van der Waals surface area (Å²) in [4.78, 5) is 12.4. The smallest absolute Gasteiger partial charge is 0.292 e. The molecular formula is C13H12N8O2. The Morgan fingerprint density at radius 1 is 1.00 bits per heavy atom. The van der Waals surface area contributed by atoms with Crippen molar-refractivity contribution >= 4 is 17.4 Å². The first-order valence-corrected chi connectivity index (χ1v) is 7.18. The molecule has 0 radical (unpaired) electrons. The molecule has 4 rings (SSSR count). The molecule has 3 heterocycles. The maximum atomic E-state index is 10.7. The van der Waals surface area contributed by atoms with Crippen LogP contribution < -0.4 is 4.90 Å². The quantitative estimate of drug-likeness (QED) is 0.521. The van der Waals surface area contributed by atoms with E-state index in [9.17, 15) is 10.1 Å². The Bertz CT molecular complexity index is 869. The van der Waals surface area contributed by atoms with Crippen LogP contribution in [0.5, 0.6) is 0 Å². The van der Waals surface area contributed by atoms with Gasteiger partial charge in [-0.15, -0.1) is 25.5 Å². The molecule has 1 aliphatic rings. The second-order valence-corrected chi connectivity index (χ2v) is 5.23. The summed E-state index contributed by atoms with van der Waals surface area (Å²) >= 11 is 0. The number of nitro benzene ring substituents is 1. The first-order chi connectivity index (χ1) is 11.2. The van der Waals surface area contributed by atoms with Crippen molar-refractivity contribution in [2.45, 2.75) is 12.8 Å². The molecule has 1 aliphatic heterocycles. The van der Waals surface area contributed by atoms with Gasteiger partial charge in [0.05, 0.1) is 4.92 Å². The van der Waals surface area contributed by atoms with Gasteiger partial charge in [0.25, 0.3) is 11.5 Å². The van der Waals surface area contributed by atoms with Gasteiger partial charge in [-0.2, -0.15) is 4.52 Å². The zero-order valence-electron chi connectivity index (χ0n) is 12.0. The van der Waals surface area contributed by atoms with Gasteiger partial charge in [-0.1, -0.05) is 0 Å². The van der Waals surface area contributed by atoms with Gasteiger partial charge in [-0.05, 0) is 25.0 Å². The van der Waals surface area contributed by atoms with Gasteiger partial charge in [0.2, 0.25) is 11.8 Å². The lowest BCUT2D eigenvalue weighted by Gasteiger charge is -2.13. The Morgan fingerprint density at radius 2 is 1.70 bits per heavy atom. The highest BCUT2D eigenvalue weighted by atomic mass is 16.6. The first kappa shape index (κ1) is 13.5. The van der Waals surface area contributed by atoms with Gasteiger partial charge < -0.3 is 4.90 Å². The zero-order valence-corrected chi connectivity index (χ0v) is 12.0. The van der Waals surface area contributed by atoms with Crippen molar-refractivity contribution < 1.29 is 4.92 Å². The molecule has 0 spiro atoms. The Labute approximate surface area is 129 Å². The lowest BCUT2D eigenvalue weighted by atomic mass is 10.2. The second kappa shape index (κ2) is 5.23. The Kier molecular flexibility index (Phi) is 3.07. The Morgan fingerprint density at radius 3 is 2.39 bits per heavy atom.